The van der Waals surface area contributed by atoms with Crippen molar-refractivity contribution in [1.82, 2.24) is 15.3 Å². The fourth-order valence-corrected chi connectivity index (χ4v) is 4.80. The lowest BCUT2D eigenvalue weighted by Crippen LogP contribution is -2.42. The number of carbonyl (C=O) groups is 1. The van der Waals surface area contributed by atoms with Crippen LogP contribution in [0.2, 0.25) is 0 Å². The second-order valence-electron chi connectivity index (χ2n) is 10.7. The fraction of sp³-hybridized carbons (Fsp3) is 0.538. The number of ether oxygens (including phenoxy) is 2. The molecule has 0 atom stereocenters. The van der Waals surface area contributed by atoms with Gasteiger partial charge in [0.2, 0.25) is 0 Å². The van der Waals surface area contributed by atoms with Crippen LogP contribution in [0, 0.1) is 0 Å². The van der Waals surface area contributed by atoms with Gasteiger partial charge in [-0.2, -0.15) is 0 Å². The van der Waals surface area contributed by atoms with E-state index in [2.05, 4.69) is 34.3 Å². The van der Waals surface area contributed by atoms with E-state index in [1.165, 1.54) is 6.33 Å². The monoisotopic (exact) mass is 481 g/mol. The van der Waals surface area contributed by atoms with E-state index in [-0.39, 0.29) is 18.2 Å². The molecule has 1 aromatic carbocycles. The molecule has 9 heteroatoms. The minimum absolute atomic E-state index is 0.0465. The predicted octanol–water partition coefficient (Wildman–Crippen LogP) is 4.58. The number of rotatable bonds is 4. The molecule has 1 heterocycles. The number of nitrogen functional groups attached to an aromatic ring is 1. The Balaban J connectivity index is 1.53. The zero-order chi connectivity index (χ0) is 25.4. The number of aromatic nitrogens is 2. The normalized spacial score (nSPS) is 22.1. The second-order valence-corrected chi connectivity index (χ2v) is 10.7. The van der Waals surface area contributed by atoms with E-state index in [0.29, 0.717) is 5.82 Å². The highest BCUT2D eigenvalue weighted by molar-refractivity contribution is 6.15. The standard InChI is InChI=1S/C26H35N5O4/c1-25(2,3)34-24(32)30-15-7-9-16(10-8-15)35-31-22-19-13-17(33-6)11-12-18(19)21-20(26(22,4)5)23(27)29-14-28-21/h11-16H,7-10H2,1-6H3,(H,30,32)(H2,27,28,29)/b31-22+/t15-,16+. The summed E-state index contributed by atoms with van der Waals surface area (Å²) in [5.41, 5.74) is 9.44. The first-order valence-corrected chi connectivity index (χ1v) is 12.0. The lowest BCUT2D eigenvalue weighted by molar-refractivity contribution is 0.0205. The van der Waals surface area contributed by atoms with Crippen LogP contribution in [0.25, 0.3) is 11.3 Å². The number of amides is 1. The third-order valence-corrected chi connectivity index (χ3v) is 6.52. The Morgan fingerprint density at radius 3 is 2.51 bits per heavy atom. The maximum absolute atomic E-state index is 12.1. The van der Waals surface area contributed by atoms with E-state index in [4.69, 9.17) is 20.0 Å². The Morgan fingerprint density at radius 1 is 1.14 bits per heavy atom. The van der Waals surface area contributed by atoms with Crippen LogP contribution < -0.4 is 15.8 Å². The molecule has 2 aliphatic rings. The van der Waals surface area contributed by atoms with Crippen LogP contribution in [0.4, 0.5) is 10.6 Å². The highest BCUT2D eigenvalue weighted by atomic mass is 16.6. The molecular formula is C26H35N5O4. The van der Waals surface area contributed by atoms with Gasteiger partial charge in [0.15, 0.2) is 0 Å². The number of benzene rings is 1. The van der Waals surface area contributed by atoms with Crippen LogP contribution in [0.3, 0.4) is 0 Å². The van der Waals surface area contributed by atoms with Crippen molar-refractivity contribution in [3.8, 4) is 17.0 Å². The van der Waals surface area contributed by atoms with Crippen molar-refractivity contribution in [2.24, 2.45) is 5.16 Å². The van der Waals surface area contributed by atoms with Gasteiger partial charge < -0.3 is 25.4 Å². The first kappa shape index (κ1) is 24.8. The maximum Gasteiger partial charge on any atom is 0.407 e. The van der Waals surface area contributed by atoms with E-state index < -0.39 is 11.0 Å². The summed E-state index contributed by atoms with van der Waals surface area (Å²) in [6.45, 7) is 9.68. The maximum atomic E-state index is 12.1. The van der Waals surface area contributed by atoms with E-state index in [1.807, 2.05) is 39.0 Å². The quantitative estimate of drug-likeness (QED) is 0.613. The summed E-state index contributed by atoms with van der Waals surface area (Å²) < 4.78 is 10.9. The highest BCUT2D eigenvalue weighted by Crippen LogP contribution is 2.45. The number of methoxy groups -OCH3 is 1. The molecular weight excluding hydrogens is 446 g/mol. The largest absolute Gasteiger partial charge is 0.497 e. The second kappa shape index (κ2) is 9.36. The van der Waals surface area contributed by atoms with Crippen LogP contribution in [-0.4, -0.2) is 46.6 Å². The Hall–Kier alpha value is -3.36. The van der Waals surface area contributed by atoms with Crippen LogP contribution in [0.5, 0.6) is 5.75 Å². The van der Waals surface area contributed by atoms with Crippen LogP contribution in [0.1, 0.15) is 71.4 Å². The SMILES string of the molecule is COc1ccc2c(c1)/C(=N\O[C@H]1CC[C@@H](NC(=O)OC(C)(C)C)CC1)C(C)(C)c1c(N)ncnc1-2. The summed E-state index contributed by atoms with van der Waals surface area (Å²) in [6.07, 6.45) is 4.22. The van der Waals surface area contributed by atoms with E-state index in [1.54, 1.807) is 7.11 Å². The van der Waals surface area contributed by atoms with Crippen molar-refractivity contribution in [1.29, 1.82) is 0 Å². The number of fused-ring (bicyclic) bond motifs is 3. The van der Waals surface area contributed by atoms with Crippen molar-refractivity contribution >= 4 is 17.6 Å². The van der Waals surface area contributed by atoms with Gasteiger partial charge in [-0.25, -0.2) is 14.8 Å². The van der Waals surface area contributed by atoms with Crippen LogP contribution >= 0.6 is 0 Å². The summed E-state index contributed by atoms with van der Waals surface area (Å²) in [6, 6.07) is 5.90. The Bertz CT molecular complexity index is 1130. The zero-order valence-electron chi connectivity index (χ0n) is 21.3. The average molecular weight is 482 g/mol. The van der Waals surface area contributed by atoms with Crippen molar-refractivity contribution in [3.05, 3.63) is 35.7 Å². The third-order valence-electron chi connectivity index (χ3n) is 6.52. The molecule has 3 N–H and O–H groups in total. The van der Waals surface area contributed by atoms with Gasteiger partial charge in [-0.1, -0.05) is 5.16 Å². The lowest BCUT2D eigenvalue weighted by atomic mass is 9.70. The smallest absolute Gasteiger partial charge is 0.407 e. The van der Waals surface area contributed by atoms with Gasteiger partial charge in [-0.3, -0.25) is 0 Å². The number of nitrogens with zero attached hydrogens (tertiary/aromatic N) is 3. The molecule has 0 radical (unpaired) electrons. The minimum Gasteiger partial charge on any atom is -0.497 e. The van der Waals surface area contributed by atoms with Gasteiger partial charge in [-0.15, -0.1) is 0 Å². The zero-order valence-corrected chi connectivity index (χ0v) is 21.3. The number of alkyl carbamates (subject to hydrolysis) is 1. The topological polar surface area (TPSA) is 121 Å². The van der Waals surface area contributed by atoms with Crippen molar-refractivity contribution in [3.63, 3.8) is 0 Å². The van der Waals surface area contributed by atoms with Gasteiger partial charge in [0.05, 0.1) is 18.5 Å². The molecule has 0 bridgehead atoms. The number of anilines is 1. The molecule has 2 aromatic rings. The lowest BCUT2D eigenvalue weighted by Gasteiger charge is -2.35. The molecule has 1 saturated carbocycles. The Labute approximate surface area is 206 Å². The summed E-state index contributed by atoms with van der Waals surface area (Å²) in [4.78, 5) is 27.0. The van der Waals surface area contributed by atoms with Crippen molar-refractivity contribution in [2.75, 3.05) is 12.8 Å². The van der Waals surface area contributed by atoms with E-state index in [0.717, 1.165) is 59.5 Å². The summed E-state index contributed by atoms with van der Waals surface area (Å²) in [5.74, 6) is 1.16. The first-order chi connectivity index (χ1) is 16.5. The number of oxime groups is 1. The molecule has 1 amide bonds. The molecule has 0 aliphatic heterocycles. The number of nitrogens with two attached hydrogens (primary N) is 1. The molecule has 0 unspecified atom stereocenters. The van der Waals surface area contributed by atoms with Crippen molar-refractivity contribution < 1.29 is 19.1 Å². The molecule has 188 valence electrons. The molecule has 1 fully saturated rings. The van der Waals surface area contributed by atoms with Gasteiger partial charge in [0.25, 0.3) is 0 Å². The van der Waals surface area contributed by atoms with Gasteiger partial charge in [0, 0.05) is 28.1 Å². The molecule has 1 aromatic heterocycles. The summed E-state index contributed by atoms with van der Waals surface area (Å²) in [5, 5.41) is 7.65. The summed E-state index contributed by atoms with van der Waals surface area (Å²) in [7, 11) is 1.64. The molecule has 4 rings (SSSR count). The molecule has 35 heavy (non-hydrogen) atoms. The highest BCUT2D eigenvalue weighted by Gasteiger charge is 2.41. The Kier molecular flexibility index (Phi) is 6.62. The molecule has 0 saturated heterocycles. The fourth-order valence-electron chi connectivity index (χ4n) is 4.80. The van der Waals surface area contributed by atoms with E-state index in [9.17, 15) is 4.79 Å². The molecule has 2 aliphatic carbocycles. The van der Waals surface area contributed by atoms with E-state index >= 15 is 0 Å². The Morgan fingerprint density at radius 2 is 1.86 bits per heavy atom. The summed E-state index contributed by atoms with van der Waals surface area (Å²) >= 11 is 0. The number of hydrogen-bond donors (Lipinski definition) is 2. The van der Waals surface area contributed by atoms with Gasteiger partial charge in [0.1, 0.15) is 29.6 Å². The van der Waals surface area contributed by atoms with Gasteiger partial charge >= 0.3 is 6.09 Å². The first-order valence-electron chi connectivity index (χ1n) is 12.0. The number of nitrogens with one attached hydrogen (secondary N) is 1. The number of hydrogen-bond acceptors (Lipinski definition) is 8. The minimum atomic E-state index is -0.574. The number of carbonyl (C=O) groups excluding carboxylic acids is 1. The predicted molar refractivity (Wildman–Crippen MR) is 134 cm³/mol. The van der Waals surface area contributed by atoms with Crippen LogP contribution in [0.15, 0.2) is 29.7 Å². The van der Waals surface area contributed by atoms with Crippen LogP contribution in [-0.2, 0) is 15.0 Å². The van der Waals surface area contributed by atoms with Gasteiger partial charge in [-0.05, 0) is 78.5 Å². The molecule has 9 nitrogen and oxygen atoms in total. The third kappa shape index (κ3) is 5.18. The van der Waals surface area contributed by atoms with Crippen molar-refractivity contribution in [2.45, 2.75) is 83.5 Å². The molecule has 0 spiro atoms. The average Bonchev–Trinajstić information content (AvgIpc) is 2.78.